The number of nitrogens with two attached hydrogens (primary N) is 1. The fraction of sp³-hybridized carbons (Fsp3) is 0.556. The summed E-state index contributed by atoms with van der Waals surface area (Å²) in [7, 11) is 2.84. The highest BCUT2D eigenvalue weighted by Gasteiger charge is 2.73. The van der Waals surface area contributed by atoms with Crippen molar-refractivity contribution in [2.24, 2.45) is 35.3 Å². The van der Waals surface area contributed by atoms with Gasteiger partial charge in [0.15, 0.2) is 34.7 Å². The van der Waals surface area contributed by atoms with Crippen LogP contribution < -0.4 is 11.1 Å². The van der Waals surface area contributed by atoms with Crippen LogP contribution in [-0.2, 0) is 24.0 Å². The lowest BCUT2D eigenvalue weighted by atomic mass is 9.49. The number of hydrogen-bond donors (Lipinski definition) is 5. The molecule has 12 nitrogen and oxygen atoms in total. The quantitative estimate of drug-likeness (QED) is 0.235. The van der Waals surface area contributed by atoms with Gasteiger partial charge in [-0.1, -0.05) is 20.8 Å². The molecule has 0 heterocycles. The molecule has 0 saturated heterocycles. The average molecular weight is 544 g/mol. The zero-order valence-corrected chi connectivity index (χ0v) is 22.3. The molecule has 3 aliphatic carbocycles. The van der Waals surface area contributed by atoms with Crippen molar-refractivity contribution >= 4 is 40.6 Å². The predicted octanol–water partition coefficient (Wildman–Crippen LogP) is -0.617. The molecule has 210 valence electrons. The van der Waals surface area contributed by atoms with Crippen molar-refractivity contribution in [1.82, 2.24) is 4.90 Å². The third-order valence-electron chi connectivity index (χ3n) is 8.34. The van der Waals surface area contributed by atoms with Crippen LogP contribution >= 0.6 is 0 Å². The Morgan fingerprint density at radius 2 is 1.74 bits per heavy atom. The number of rotatable bonds is 5. The van der Waals surface area contributed by atoms with Gasteiger partial charge < -0.3 is 26.4 Å². The number of benzene rings is 1. The molecule has 2 amide bonds. The first-order valence-electron chi connectivity index (χ1n) is 12.8. The number of phenolic OH excluding ortho intramolecular Hbond substituents is 1. The van der Waals surface area contributed by atoms with Crippen LogP contribution in [-0.4, -0.2) is 87.0 Å². The van der Waals surface area contributed by atoms with Gasteiger partial charge in [0.1, 0.15) is 5.75 Å². The molecule has 0 radical (unpaired) electrons. The number of nitrogens with zero attached hydrogens (tertiary/aromatic N) is 1. The van der Waals surface area contributed by atoms with Crippen LogP contribution in [0, 0.1) is 29.6 Å². The van der Waals surface area contributed by atoms with Gasteiger partial charge >= 0.3 is 0 Å². The number of aliphatic hydroxyl groups is 2. The summed E-state index contributed by atoms with van der Waals surface area (Å²) in [6.07, 6.45) is -1.57. The average Bonchev–Trinajstić information content (AvgIpc) is 2.81. The molecule has 12 heteroatoms. The summed E-state index contributed by atoms with van der Waals surface area (Å²) in [4.78, 5) is 80.3. The highest BCUT2D eigenvalue weighted by molar-refractivity contribution is 6.32. The minimum absolute atomic E-state index is 0.0328. The maximum absolute atomic E-state index is 13.9. The number of carbonyl (C=O) groups is 6. The van der Waals surface area contributed by atoms with E-state index in [0.717, 1.165) is 0 Å². The number of aromatic hydroxyl groups is 1. The van der Waals surface area contributed by atoms with E-state index in [1.807, 2.05) is 13.8 Å². The van der Waals surface area contributed by atoms with Crippen molar-refractivity contribution in [1.29, 1.82) is 0 Å². The number of aliphatic hydroxyl groups excluding tert-OH is 1. The van der Waals surface area contributed by atoms with E-state index in [4.69, 9.17) is 5.73 Å². The van der Waals surface area contributed by atoms with E-state index in [1.165, 1.54) is 31.1 Å². The van der Waals surface area contributed by atoms with Crippen LogP contribution in [0.4, 0.5) is 5.69 Å². The molecule has 39 heavy (non-hydrogen) atoms. The molecule has 0 spiro atoms. The smallest absolute Gasteiger partial charge is 0.235 e. The number of fused-ring (bicyclic) bond motifs is 3. The molecule has 1 aromatic carbocycles. The third-order valence-corrected chi connectivity index (χ3v) is 8.34. The minimum Gasteiger partial charge on any atom is -0.507 e. The Kier molecular flexibility index (Phi) is 7.03. The molecule has 0 aromatic heterocycles. The first-order valence-corrected chi connectivity index (χ1v) is 12.8. The van der Waals surface area contributed by atoms with Crippen LogP contribution in [0.15, 0.2) is 12.1 Å². The Bertz CT molecular complexity index is 1310. The maximum atomic E-state index is 13.9. The molecule has 0 bridgehead atoms. The van der Waals surface area contributed by atoms with Crippen LogP contribution in [0.25, 0.3) is 0 Å². The number of carbonyl (C=O) groups excluding carboxylic acids is 6. The van der Waals surface area contributed by atoms with Gasteiger partial charge in [0.2, 0.25) is 11.8 Å². The van der Waals surface area contributed by atoms with E-state index < -0.39 is 82.1 Å². The van der Waals surface area contributed by atoms with Crippen molar-refractivity contribution in [2.75, 3.05) is 19.4 Å². The van der Waals surface area contributed by atoms with Gasteiger partial charge in [-0.25, -0.2) is 0 Å². The standard InChI is InChI=1S/C27H33N3O9/c1-9(2)8-13(32)29-11-6-7-12(31)16-14(11)10(3)15-17(21(16)33)24(36)27(39)19(22(15)34)20(30(4)5)23(35)18(25(27)37)26(28)38/h6-7,9-10,15,17-20,22,31,34,39H,8H2,1-5H3,(H2,28,38)(H,29,32)/t10-,15+,17?,18?,19+,20?,22-,27-/m0/s1. The summed E-state index contributed by atoms with van der Waals surface area (Å²) in [6.45, 7) is 5.29. The van der Waals surface area contributed by atoms with Gasteiger partial charge in [-0.2, -0.15) is 0 Å². The van der Waals surface area contributed by atoms with Crippen molar-refractivity contribution in [3.8, 4) is 5.75 Å². The van der Waals surface area contributed by atoms with Gasteiger partial charge in [-0.15, -0.1) is 0 Å². The largest absolute Gasteiger partial charge is 0.507 e. The zero-order chi connectivity index (χ0) is 29.3. The van der Waals surface area contributed by atoms with Gasteiger partial charge in [0, 0.05) is 18.0 Å². The molecule has 4 rings (SSSR count). The number of hydrogen-bond acceptors (Lipinski definition) is 10. The Morgan fingerprint density at radius 1 is 1.13 bits per heavy atom. The van der Waals surface area contributed by atoms with Crippen molar-refractivity contribution in [3.05, 3.63) is 23.3 Å². The predicted molar refractivity (Wildman–Crippen MR) is 136 cm³/mol. The van der Waals surface area contributed by atoms with E-state index >= 15 is 0 Å². The lowest BCUT2D eigenvalue weighted by Crippen LogP contribution is -2.77. The van der Waals surface area contributed by atoms with Crippen molar-refractivity contribution < 1.29 is 44.1 Å². The monoisotopic (exact) mass is 543 g/mol. The van der Waals surface area contributed by atoms with Crippen molar-refractivity contribution in [2.45, 2.75) is 50.9 Å². The number of Topliss-reactive ketones (excluding diaryl/α,β-unsaturated/α-hetero) is 4. The van der Waals surface area contributed by atoms with E-state index in [9.17, 15) is 44.1 Å². The van der Waals surface area contributed by atoms with Crippen LogP contribution in [0.5, 0.6) is 5.75 Å². The van der Waals surface area contributed by atoms with Crippen LogP contribution in [0.3, 0.4) is 0 Å². The lowest BCUT2D eigenvalue weighted by molar-refractivity contribution is -0.196. The molecule has 2 saturated carbocycles. The highest BCUT2D eigenvalue weighted by Crippen LogP contribution is 2.55. The summed E-state index contributed by atoms with van der Waals surface area (Å²) >= 11 is 0. The van der Waals surface area contributed by atoms with Gasteiger partial charge in [-0.3, -0.25) is 33.7 Å². The van der Waals surface area contributed by atoms with E-state index in [-0.39, 0.29) is 35.1 Å². The number of anilines is 1. The molecule has 0 aliphatic heterocycles. The molecule has 1 aromatic rings. The molecular formula is C27H33N3O9. The SMILES string of the molecule is CC(C)CC(=O)Nc1ccc(O)c2c1[C@H](C)[C@@H]1C(C2=O)C(=O)[C@]2(O)C(=O)C(C(N)=O)C(=O)C(N(C)C)[C@@H]2[C@H]1O. The summed E-state index contributed by atoms with van der Waals surface area (Å²) in [5.74, 6) is -14.5. The Morgan fingerprint density at radius 3 is 2.28 bits per heavy atom. The summed E-state index contributed by atoms with van der Waals surface area (Å²) in [5.41, 5.74) is 2.37. The first kappa shape index (κ1) is 28.5. The number of primary amides is 1. The Balaban J connectivity index is 1.91. The lowest BCUT2D eigenvalue weighted by Gasteiger charge is -2.56. The molecular weight excluding hydrogens is 510 g/mol. The van der Waals surface area contributed by atoms with E-state index in [0.29, 0.717) is 0 Å². The number of phenols is 1. The van der Waals surface area contributed by atoms with Gasteiger partial charge in [0.25, 0.3) is 0 Å². The topological polar surface area (TPSA) is 204 Å². The molecule has 6 N–H and O–H groups in total. The fourth-order valence-corrected chi connectivity index (χ4v) is 6.75. The molecule has 8 atom stereocenters. The van der Waals surface area contributed by atoms with E-state index in [2.05, 4.69) is 5.32 Å². The number of likely N-dealkylation sites (N-methyl/N-ethyl adjacent to an activating group) is 1. The summed E-state index contributed by atoms with van der Waals surface area (Å²) in [5, 5.41) is 36.7. The van der Waals surface area contributed by atoms with Gasteiger partial charge in [0.05, 0.1) is 29.5 Å². The molecule has 2 fully saturated rings. The summed E-state index contributed by atoms with van der Waals surface area (Å²) in [6, 6.07) is 1.15. The maximum Gasteiger partial charge on any atom is 0.235 e. The number of ketones is 4. The molecule has 3 aliphatic rings. The second-order valence-electron chi connectivity index (χ2n) is 11.4. The molecule has 3 unspecified atom stereocenters. The van der Waals surface area contributed by atoms with Gasteiger partial charge in [-0.05, 0) is 43.6 Å². The highest BCUT2D eigenvalue weighted by atomic mass is 16.3. The van der Waals surface area contributed by atoms with Crippen LogP contribution in [0.2, 0.25) is 0 Å². The van der Waals surface area contributed by atoms with Crippen LogP contribution in [0.1, 0.15) is 49.0 Å². The zero-order valence-electron chi connectivity index (χ0n) is 22.3. The number of nitrogens with one attached hydrogen (secondary N) is 1. The van der Waals surface area contributed by atoms with E-state index in [1.54, 1.807) is 6.92 Å². The minimum atomic E-state index is -3.06. The third kappa shape index (κ3) is 4.00. The fourth-order valence-electron chi connectivity index (χ4n) is 6.75. The second kappa shape index (κ2) is 9.61. The normalized spacial score (nSPS) is 34.0. The second-order valence-corrected chi connectivity index (χ2v) is 11.4. The Labute approximate surface area is 224 Å². The Hall–Kier alpha value is -3.48. The summed E-state index contributed by atoms with van der Waals surface area (Å²) < 4.78 is 0. The first-order chi connectivity index (χ1) is 18.1. The van der Waals surface area contributed by atoms with Crippen molar-refractivity contribution in [3.63, 3.8) is 0 Å². The number of amides is 2.